The predicted octanol–water partition coefficient (Wildman–Crippen LogP) is 3.51. The van der Waals surface area contributed by atoms with Crippen LogP contribution >= 0.6 is 0 Å². The van der Waals surface area contributed by atoms with E-state index in [0.29, 0.717) is 0 Å². The van der Waals surface area contributed by atoms with E-state index >= 15 is 0 Å². The maximum absolute atomic E-state index is 12.3. The van der Waals surface area contributed by atoms with Gasteiger partial charge in [0.05, 0.1) is 21.3 Å². The smallest absolute Gasteiger partial charge is 0.449 e. The van der Waals surface area contributed by atoms with Gasteiger partial charge in [0.2, 0.25) is 0 Å². The van der Waals surface area contributed by atoms with Crippen molar-refractivity contribution in [3.8, 4) is 5.75 Å². The Morgan fingerprint density at radius 2 is 1.68 bits per heavy atom. The summed E-state index contributed by atoms with van der Waals surface area (Å²) >= 11 is 0. The van der Waals surface area contributed by atoms with Crippen molar-refractivity contribution in [1.82, 2.24) is 0 Å². The first-order chi connectivity index (χ1) is 13.1. The van der Waals surface area contributed by atoms with E-state index in [1.54, 1.807) is 12.1 Å². The van der Waals surface area contributed by atoms with Gasteiger partial charge in [-0.15, -0.1) is 13.2 Å². The molecule has 10 heteroatoms. The van der Waals surface area contributed by atoms with Gasteiger partial charge in [-0.05, 0) is 43.3 Å². The normalized spacial score (nSPS) is 13.3. The number of ether oxygens (including phenoxy) is 2. The number of esters is 1. The van der Waals surface area contributed by atoms with Crippen LogP contribution in [0.25, 0.3) is 0 Å². The van der Waals surface area contributed by atoms with E-state index in [1.807, 2.05) is 0 Å². The Balaban J connectivity index is 1.99. The second-order valence-electron chi connectivity index (χ2n) is 5.56. The summed E-state index contributed by atoms with van der Waals surface area (Å²) in [5.41, 5.74) is 0.272. The number of anilines is 1. The Morgan fingerprint density at radius 1 is 1.07 bits per heavy atom. The van der Waals surface area contributed by atoms with Crippen molar-refractivity contribution < 1.29 is 36.4 Å². The number of rotatable bonds is 6. The molecule has 150 valence electrons. The minimum Gasteiger partial charge on any atom is -0.449 e. The highest BCUT2D eigenvalue weighted by atomic mass is 32.2. The molecule has 2 rings (SSSR count). The van der Waals surface area contributed by atoms with Crippen LogP contribution in [0.5, 0.6) is 5.75 Å². The van der Waals surface area contributed by atoms with Gasteiger partial charge in [-0.25, -0.2) is 4.79 Å². The molecule has 0 radical (unpaired) electrons. The Morgan fingerprint density at radius 3 is 2.25 bits per heavy atom. The molecule has 28 heavy (non-hydrogen) atoms. The first kappa shape index (κ1) is 21.4. The monoisotopic (exact) mass is 415 g/mol. The number of carbonyl (C=O) groups excluding carboxylic acids is 2. The number of benzene rings is 2. The third-order valence-electron chi connectivity index (χ3n) is 3.43. The SMILES string of the molecule is C[C@@H](OC(=O)c1ccccc1[S@@](C)=O)C(=O)Nc1ccc(OC(F)(F)F)cc1. The number of carbonyl (C=O) groups is 2. The molecule has 0 bridgehead atoms. The molecule has 0 aliphatic heterocycles. The predicted molar refractivity (Wildman–Crippen MR) is 95.4 cm³/mol. The standard InChI is InChI=1S/C18H16F3NO5S/c1-11(26-17(24)14-5-3-4-6-15(14)28(2)25)16(23)22-12-7-9-13(10-8-12)27-18(19,20)21/h3-11H,1-2H3,(H,22,23)/t11-,28-/m1/s1. The highest BCUT2D eigenvalue weighted by Crippen LogP contribution is 2.24. The maximum Gasteiger partial charge on any atom is 0.573 e. The van der Waals surface area contributed by atoms with E-state index in [-0.39, 0.29) is 16.1 Å². The number of hydrogen-bond acceptors (Lipinski definition) is 5. The van der Waals surface area contributed by atoms with Gasteiger partial charge >= 0.3 is 12.3 Å². The molecule has 0 spiro atoms. The van der Waals surface area contributed by atoms with Crippen LogP contribution in [0.2, 0.25) is 0 Å². The van der Waals surface area contributed by atoms with Gasteiger partial charge in [-0.3, -0.25) is 9.00 Å². The molecule has 0 heterocycles. The molecule has 2 atom stereocenters. The minimum atomic E-state index is -4.81. The third-order valence-corrected chi connectivity index (χ3v) is 4.40. The topological polar surface area (TPSA) is 81.7 Å². The second-order valence-corrected chi connectivity index (χ2v) is 6.91. The van der Waals surface area contributed by atoms with Crippen molar-refractivity contribution in [2.75, 3.05) is 11.6 Å². The lowest BCUT2D eigenvalue weighted by Gasteiger charge is -2.15. The Hall–Kier alpha value is -2.88. The van der Waals surface area contributed by atoms with Crippen LogP contribution < -0.4 is 10.1 Å². The molecular weight excluding hydrogens is 399 g/mol. The number of hydrogen-bond donors (Lipinski definition) is 1. The highest BCUT2D eigenvalue weighted by molar-refractivity contribution is 7.84. The summed E-state index contributed by atoms with van der Waals surface area (Å²) in [5.74, 6) is -1.94. The molecular formula is C18H16F3NO5S. The average molecular weight is 415 g/mol. The van der Waals surface area contributed by atoms with Crippen LogP contribution in [0.4, 0.5) is 18.9 Å². The van der Waals surface area contributed by atoms with Crippen LogP contribution in [-0.4, -0.2) is 34.8 Å². The van der Waals surface area contributed by atoms with Crippen molar-refractivity contribution in [3.63, 3.8) is 0 Å². The summed E-state index contributed by atoms with van der Waals surface area (Å²) in [5, 5.41) is 2.41. The van der Waals surface area contributed by atoms with Crippen LogP contribution in [0.1, 0.15) is 17.3 Å². The van der Waals surface area contributed by atoms with Crippen molar-refractivity contribution in [3.05, 3.63) is 54.1 Å². The zero-order chi connectivity index (χ0) is 20.9. The van der Waals surface area contributed by atoms with E-state index in [1.165, 1.54) is 37.4 Å². The van der Waals surface area contributed by atoms with E-state index in [2.05, 4.69) is 10.1 Å². The van der Waals surface area contributed by atoms with Gasteiger partial charge in [0.15, 0.2) is 6.10 Å². The van der Waals surface area contributed by atoms with Crippen LogP contribution in [-0.2, 0) is 20.3 Å². The van der Waals surface area contributed by atoms with E-state index < -0.39 is 40.9 Å². The summed E-state index contributed by atoms with van der Waals surface area (Å²) in [4.78, 5) is 24.7. The van der Waals surface area contributed by atoms with Gasteiger partial charge in [0, 0.05) is 11.9 Å². The van der Waals surface area contributed by atoms with Crippen LogP contribution in [0.15, 0.2) is 53.4 Å². The number of alkyl halides is 3. The molecule has 0 aliphatic carbocycles. The fourth-order valence-electron chi connectivity index (χ4n) is 2.15. The van der Waals surface area contributed by atoms with Crippen molar-refractivity contribution in [2.24, 2.45) is 0 Å². The second kappa shape index (κ2) is 8.87. The average Bonchev–Trinajstić information content (AvgIpc) is 2.62. The van der Waals surface area contributed by atoms with Crippen molar-refractivity contribution in [1.29, 1.82) is 0 Å². The molecule has 0 aromatic heterocycles. The molecule has 1 amide bonds. The summed E-state index contributed by atoms with van der Waals surface area (Å²) in [6.45, 7) is 1.33. The Labute approximate surface area is 161 Å². The van der Waals surface area contributed by atoms with Gasteiger partial charge in [-0.1, -0.05) is 12.1 Å². The number of amides is 1. The first-order valence-corrected chi connectivity index (χ1v) is 9.43. The molecule has 0 saturated carbocycles. The van der Waals surface area contributed by atoms with E-state index in [0.717, 1.165) is 12.1 Å². The van der Waals surface area contributed by atoms with Crippen LogP contribution in [0, 0.1) is 0 Å². The van der Waals surface area contributed by atoms with Gasteiger partial charge < -0.3 is 14.8 Å². The molecule has 0 unspecified atom stereocenters. The fraction of sp³-hybridized carbons (Fsp3) is 0.222. The quantitative estimate of drug-likeness (QED) is 0.731. The van der Waals surface area contributed by atoms with Gasteiger partial charge in [0.1, 0.15) is 5.75 Å². The molecule has 6 nitrogen and oxygen atoms in total. The Bertz CT molecular complexity index is 884. The maximum atomic E-state index is 12.3. The lowest BCUT2D eigenvalue weighted by atomic mass is 10.2. The van der Waals surface area contributed by atoms with Crippen molar-refractivity contribution >= 4 is 28.4 Å². The first-order valence-electron chi connectivity index (χ1n) is 7.87. The summed E-state index contributed by atoms with van der Waals surface area (Å²) in [7, 11) is -1.42. The lowest BCUT2D eigenvalue weighted by Crippen LogP contribution is -2.30. The van der Waals surface area contributed by atoms with Crippen LogP contribution in [0.3, 0.4) is 0 Å². The minimum absolute atomic E-state index is 0.0802. The summed E-state index contributed by atoms with van der Waals surface area (Å²) < 4.78 is 56.9. The molecule has 2 aromatic rings. The molecule has 0 saturated heterocycles. The van der Waals surface area contributed by atoms with Gasteiger partial charge in [0.25, 0.3) is 5.91 Å². The van der Waals surface area contributed by atoms with E-state index in [9.17, 15) is 27.0 Å². The third kappa shape index (κ3) is 6.08. The lowest BCUT2D eigenvalue weighted by molar-refractivity contribution is -0.274. The zero-order valence-corrected chi connectivity index (χ0v) is 15.6. The molecule has 0 aliphatic rings. The fourth-order valence-corrected chi connectivity index (χ4v) is 2.88. The number of nitrogens with one attached hydrogen (secondary N) is 1. The van der Waals surface area contributed by atoms with Gasteiger partial charge in [-0.2, -0.15) is 0 Å². The molecule has 2 aromatic carbocycles. The Kier molecular flexibility index (Phi) is 6.79. The zero-order valence-electron chi connectivity index (χ0n) is 14.8. The largest absolute Gasteiger partial charge is 0.573 e. The van der Waals surface area contributed by atoms with Crippen molar-refractivity contribution in [2.45, 2.75) is 24.3 Å². The molecule has 0 fully saturated rings. The summed E-state index contributed by atoms with van der Waals surface area (Å²) in [6.07, 6.45) is -4.60. The van der Waals surface area contributed by atoms with E-state index in [4.69, 9.17) is 4.74 Å². The molecule has 1 N–H and O–H groups in total. The highest BCUT2D eigenvalue weighted by Gasteiger charge is 2.31. The number of halogens is 3. The summed E-state index contributed by atoms with van der Waals surface area (Å²) in [6, 6.07) is 10.6.